The van der Waals surface area contributed by atoms with Gasteiger partial charge in [-0.15, -0.1) is 0 Å². The van der Waals surface area contributed by atoms with Crippen LogP contribution >= 0.6 is 0 Å². The molecule has 108 valence electrons. The Hall–Kier alpha value is -2.18. The molecule has 0 radical (unpaired) electrons. The Bertz CT molecular complexity index is 518. The van der Waals surface area contributed by atoms with Crippen molar-refractivity contribution in [2.24, 2.45) is 11.8 Å². The molecule has 7 nitrogen and oxygen atoms in total. The van der Waals surface area contributed by atoms with Gasteiger partial charge in [0.25, 0.3) is 5.88 Å². The zero-order chi connectivity index (χ0) is 14.5. The van der Waals surface area contributed by atoms with E-state index in [9.17, 15) is 10.1 Å². The summed E-state index contributed by atoms with van der Waals surface area (Å²) in [7, 11) is 1.58. The molecule has 1 aromatic heterocycles. The summed E-state index contributed by atoms with van der Waals surface area (Å²) in [6.45, 7) is 2.58. The lowest BCUT2D eigenvalue weighted by molar-refractivity contribution is -0.385. The zero-order valence-corrected chi connectivity index (χ0v) is 11.6. The van der Waals surface area contributed by atoms with Crippen LogP contribution in [0.4, 0.5) is 11.5 Å². The number of hydrogen-bond acceptors (Lipinski definition) is 6. The Balaban J connectivity index is 2.13. The van der Waals surface area contributed by atoms with Crippen LogP contribution in [0.2, 0.25) is 0 Å². The maximum atomic E-state index is 11.1. The molecule has 1 N–H and O–H groups in total. The Morgan fingerprint density at radius 1 is 1.45 bits per heavy atom. The average molecular weight is 278 g/mol. The van der Waals surface area contributed by atoms with Gasteiger partial charge in [-0.25, -0.2) is 4.98 Å². The van der Waals surface area contributed by atoms with Gasteiger partial charge in [0.15, 0.2) is 0 Å². The molecule has 2 unspecified atom stereocenters. The number of ether oxygens (including phenoxy) is 1. The maximum absolute atomic E-state index is 11.1. The van der Waals surface area contributed by atoms with Gasteiger partial charge in [0.2, 0.25) is 5.82 Å². The summed E-state index contributed by atoms with van der Waals surface area (Å²) >= 11 is 0. The van der Waals surface area contributed by atoms with Crippen LogP contribution in [0.15, 0.2) is 18.5 Å². The van der Waals surface area contributed by atoms with Gasteiger partial charge in [-0.2, -0.15) is 4.98 Å². The van der Waals surface area contributed by atoms with E-state index in [4.69, 9.17) is 4.74 Å². The van der Waals surface area contributed by atoms with Gasteiger partial charge in [0.05, 0.1) is 11.5 Å². The van der Waals surface area contributed by atoms with Crippen molar-refractivity contribution >= 4 is 11.5 Å². The van der Waals surface area contributed by atoms with Crippen LogP contribution in [0, 0.1) is 22.0 Å². The highest BCUT2D eigenvalue weighted by Crippen LogP contribution is 2.32. The van der Waals surface area contributed by atoms with Crippen molar-refractivity contribution < 1.29 is 9.66 Å². The van der Waals surface area contributed by atoms with Crippen LogP contribution in [0.1, 0.15) is 19.8 Å². The molecule has 1 aliphatic rings. The summed E-state index contributed by atoms with van der Waals surface area (Å²) in [6, 6.07) is 0. The molecule has 0 saturated heterocycles. The normalized spacial score (nSPS) is 21.5. The van der Waals surface area contributed by atoms with E-state index in [1.807, 2.05) is 0 Å². The summed E-state index contributed by atoms with van der Waals surface area (Å²) < 4.78 is 5.58. The molecule has 0 fully saturated rings. The van der Waals surface area contributed by atoms with Gasteiger partial charge < -0.3 is 10.1 Å². The number of rotatable bonds is 5. The van der Waals surface area contributed by atoms with E-state index in [0.29, 0.717) is 18.4 Å². The first-order valence-electron chi connectivity index (χ1n) is 6.58. The molecule has 0 aromatic carbocycles. The van der Waals surface area contributed by atoms with E-state index in [1.54, 1.807) is 7.05 Å². The first kappa shape index (κ1) is 14.2. The predicted octanol–water partition coefficient (Wildman–Crippen LogP) is 2.41. The zero-order valence-electron chi connectivity index (χ0n) is 11.6. The molecule has 1 aromatic rings. The fourth-order valence-electron chi connectivity index (χ4n) is 2.24. The minimum absolute atomic E-state index is 0.0242. The van der Waals surface area contributed by atoms with Crippen LogP contribution in [-0.4, -0.2) is 28.5 Å². The summed E-state index contributed by atoms with van der Waals surface area (Å²) in [5.41, 5.74) is -0.214. The Kier molecular flexibility index (Phi) is 4.49. The van der Waals surface area contributed by atoms with Crippen LogP contribution in [-0.2, 0) is 0 Å². The van der Waals surface area contributed by atoms with E-state index in [2.05, 4.69) is 34.4 Å². The molecule has 1 aliphatic carbocycles. The molecule has 0 amide bonds. The fourth-order valence-corrected chi connectivity index (χ4v) is 2.24. The van der Waals surface area contributed by atoms with Crippen LogP contribution in [0.5, 0.6) is 5.88 Å². The van der Waals surface area contributed by atoms with Gasteiger partial charge >= 0.3 is 5.69 Å². The Morgan fingerprint density at radius 3 is 2.85 bits per heavy atom. The third kappa shape index (κ3) is 3.04. The molecule has 0 spiro atoms. The van der Waals surface area contributed by atoms with Gasteiger partial charge in [-0.05, 0) is 24.7 Å². The number of allylic oxidation sites excluding steroid dienone is 2. The number of hydrogen-bond donors (Lipinski definition) is 1. The van der Waals surface area contributed by atoms with Crippen LogP contribution < -0.4 is 10.1 Å². The van der Waals surface area contributed by atoms with Crippen LogP contribution in [0.3, 0.4) is 0 Å². The van der Waals surface area contributed by atoms with E-state index in [1.165, 1.54) is 6.33 Å². The van der Waals surface area contributed by atoms with Gasteiger partial charge in [0.1, 0.15) is 6.33 Å². The van der Waals surface area contributed by atoms with Crippen molar-refractivity contribution in [2.75, 3.05) is 19.0 Å². The number of nitrogens with one attached hydrogen (secondary N) is 1. The van der Waals surface area contributed by atoms with E-state index in [-0.39, 0.29) is 17.4 Å². The first-order chi connectivity index (χ1) is 9.63. The van der Waals surface area contributed by atoms with E-state index in [0.717, 1.165) is 12.8 Å². The van der Waals surface area contributed by atoms with E-state index >= 15 is 0 Å². The smallest absolute Gasteiger partial charge is 0.372 e. The molecular weight excluding hydrogens is 260 g/mol. The van der Waals surface area contributed by atoms with Crippen molar-refractivity contribution in [2.45, 2.75) is 19.8 Å². The summed E-state index contributed by atoms with van der Waals surface area (Å²) in [5.74, 6) is 1.05. The number of anilines is 1. The third-order valence-corrected chi connectivity index (χ3v) is 3.56. The largest absolute Gasteiger partial charge is 0.472 e. The lowest BCUT2D eigenvalue weighted by Gasteiger charge is -2.24. The molecule has 0 bridgehead atoms. The SMILES string of the molecule is CNc1ncnc(OCC2CC=CCC2C)c1[N+](=O)[O-]. The van der Waals surface area contributed by atoms with Gasteiger partial charge in [0, 0.05) is 7.05 Å². The van der Waals surface area contributed by atoms with Crippen molar-refractivity contribution in [1.82, 2.24) is 9.97 Å². The molecule has 1 heterocycles. The average Bonchev–Trinajstić information content (AvgIpc) is 2.45. The minimum atomic E-state index is -0.522. The summed E-state index contributed by atoms with van der Waals surface area (Å²) in [5, 5.41) is 13.8. The maximum Gasteiger partial charge on any atom is 0.372 e. The Labute approximate surface area is 117 Å². The lowest BCUT2D eigenvalue weighted by atomic mass is 9.85. The highest BCUT2D eigenvalue weighted by atomic mass is 16.6. The monoisotopic (exact) mass is 278 g/mol. The second-order valence-electron chi connectivity index (χ2n) is 4.87. The standard InChI is InChI=1S/C13H18N4O3/c1-9-5-3-4-6-10(9)7-20-13-11(17(18)19)12(14-2)15-8-16-13/h3-4,8-10H,5-7H2,1-2H3,(H,14,15,16). The number of nitrogens with zero attached hydrogens (tertiary/aromatic N) is 3. The lowest BCUT2D eigenvalue weighted by Crippen LogP contribution is -2.21. The molecular formula is C13H18N4O3. The molecule has 2 atom stereocenters. The number of nitro groups is 1. The minimum Gasteiger partial charge on any atom is -0.472 e. The molecule has 0 aliphatic heterocycles. The first-order valence-corrected chi connectivity index (χ1v) is 6.58. The summed E-state index contributed by atoms with van der Waals surface area (Å²) in [4.78, 5) is 18.3. The van der Waals surface area contributed by atoms with E-state index < -0.39 is 4.92 Å². The van der Waals surface area contributed by atoms with Crippen molar-refractivity contribution in [3.05, 3.63) is 28.6 Å². The fraction of sp³-hybridized carbons (Fsp3) is 0.538. The highest BCUT2D eigenvalue weighted by molar-refractivity contribution is 5.60. The van der Waals surface area contributed by atoms with Gasteiger partial charge in [-0.1, -0.05) is 19.1 Å². The quantitative estimate of drug-likeness (QED) is 0.505. The second-order valence-corrected chi connectivity index (χ2v) is 4.87. The molecule has 2 rings (SSSR count). The predicted molar refractivity (Wildman–Crippen MR) is 74.8 cm³/mol. The second kappa shape index (κ2) is 6.31. The van der Waals surface area contributed by atoms with Crippen LogP contribution in [0.25, 0.3) is 0 Å². The van der Waals surface area contributed by atoms with Crippen molar-refractivity contribution in [3.63, 3.8) is 0 Å². The molecule has 0 saturated carbocycles. The Morgan fingerprint density at radius 2 is 2.20 bits per heavy atom. The van der Waals surface area contributed by atoms with Crippen molar-refractivity contribution in [3.8, 4) is 5.88 Å². The topological polar surface area (TPSA) is 90.2 Å². The van der Waals surface area contributed by atoms with Crippen molar-refractivity contribution in [1.29, 1.82) is 0 Å². The molecule has 20 heavy (non-hydrogen) atoms. The highest BCUT2D eigenvalue weighted by Gasteiger charge is 2.26. The third-order valence-electron chi connectivity index (χ3n) is 3.56. The molecule has 7 heteroatoms. The summed E-state index contributed by atoms with van der Waals surface area (Å²) in [6.07, 6.45) is 7.49. The van der Waals surface area contributed by atoms with Gasteiger partial charge in [-0.3, -0.25) is 10.1 Å². The number of aromatic nitrogens is 2.